The molecule has 0 unspecified atom stereocenters. The van der Waals surface area contributed by atoms with Gasteiger partial charge in [-0.15, -0.1) is 0 Å². The van der Waals surface area contributed by atoms with Gasteiger partial charge in [0.2, 0.25) is 5.91 Å². The van der Waals surface area contributed by atoms with Crippen LogP contribution in [0.3, 0.4) is 0 Å². The molecule has 0 radical (unpaired) electrons. The Morgan fingerprint density at radius 1 is 1.10 bits per heavy atom. The molecule has 3 nitrogen and oxygen atoms in total. The Kier molecular flexibility index (Phi) is 4.52. The SMILES string of the molecule is NC(=O)c1ccc(CNc2cc(Br)c(F)cc2F)c(F)c1. The molecule has 0 spiro atoms. The average Bonchev–Trinajstić information content (AvgIpc) is 2.42. The second kappa shape index (κ2) is 6.17. The van der Waals surface area contributed by atoms with Crippen molar-refractivity contribution >= 4 is 27.5 Å². The molecule has 0 bridgehead atoms. The summed E-state index contributed by atoms with van der Waals surface area (Å²) in [6, 6.07) is 5.70. The summed E-state index contributed by atoms with van der Waals surface area (Å²) >= 11 is 2.94. The minimum absolute atomic E-state index is 0.0279. The van der Waals surface area contributed by atoms with Crippen LogP contribution in [0.1, 0.15) is 15.9 Å². The maximum Gasteiger partial charge on any atom is 0.248 e. The molecule has 110 valence electrons. The molecule has 0 aromatic heterocycles. The van der Waals surface area contributed by atoms with Crippen LogP contribution in [0.15, 0.2) is 34.8 Å². The summed E-state index contributed by atoms with van der Waals surface area (Å²) < 4.78 is 40.5. The molecule has 0 aliphatic rings. The lowest BCUT2D eigenvalue weighted by molar-refractivity contribution is 0.1000. The van der Waals surface area contributed by atoms with Crippen molar-refractivity contribution in [1.29, 1.82) is 0 Å². The Morgan fingerprint density at radius 2 is 1.81 bits per heavy atom. The van der Waals surface area contributed by atoms with Crippen molar-refractivity contribution in [2.24, 2.45) is 5.73 Å². The lowest BCUT2D eigenvalue weighted by Gasteiger charge is -2.10. The molecule has 0 atom stereocenters. The molecule has 2 aromatic carbocycles. The highest BCUT2D eigenvalue weighted by molar-refractivity contribution is 9.10. The van der Waals surface area contributed by atoms with Crippen molar-refractivity contribution in [1.82, 2.24) is 0 Å². The number of carbonyl (C=O) groups is 1. The third kappa shape index (κ3) is 3.55. The van der Waals surface area contributed by atoms with Gasteiger partial charge < -0.3 is 11.1 Å². The molecular formula is C14H10BrF3N2O. The Morgan fingerprint density at radius 3 is 2.43 bits per heavy atom. The third-order valence-electron chi connectivity index (χ3n) is 2.82. The first-order valence-corrected chi connectivity index (χ1v) is 6.64. The summed E-state index contributed by atoms with van der Waals surface area (Å²) in [5.74, 6) is -2.89. The number of primary amides is 1. The van der Waals surface area contributed by atoms with Crippen LogP contribution in [0.4, 0.5) is 18.9 Å². The van der Waals surface area contributed by atoms with E-state index < -0.39 is 23.4 Å². The van der Waals surface area contributed by atoms with Gasteiger partial charge in [0, 0.05) is 23.7 Å². The van der Waals surface area contributed by atoms with Crippen LogP contribution < -0.4 is 11.1 Å². The van der Waals surface area contributed by atoms with E-state index in [4.69, 9.17) is 5.73 Å². The van der Waals surface area contributed by atoms with Crippen LogP contribution in [0.5, 0.6) is 0 Å². The number of carbonyl (C=O) groups excluding carboxylic acids is 1. The van der Waals surface area contributed by atoms with Crippen molar-refractivity contribution in [3.8, 4) is 0 Å². The van der Waals surface area contributed by atoms with Gasteiger partial charge in [0.05, 0.1) is 10.2 Å². The van der Waals surface area contributed by atoms with E-state index >= 15 is 0 Å². The first kappa shape index (κ1) is 15.4. The van der Waals surface area contributed by atoms with Gasteiger partial charge in [-0.1, -0.05) is 6.07 Å². The normalized spacial score (nSPS) is 10.5. The number of amides is 1. The summed E-state index contributed by atoms with van der Waals surface area (Å²) in [7, 11) is 0. The van der Waals surface area contributed by atoms with E-state index in [2.05, 4.69) is 21.2 Å². The van der Waals surface area contributed by atoms with Crippen molar-refractivity contribution < 1.29 is 18.0 Å². The van der Waals surface area contributed by atoms with Crippen LogP contribution in [0.2, 0.25) is 0 Å². The lowest BCUT2D eigenvalue weighted by atomic mass is 10.1. The third-order valence-corrected chi connectivity index (χ3v) is 3.42. The van der Waals surface area contributed by atoms with Gasteiger partial charge in [-0.25, -0.2) is 13.2 Å². The Balaban J connectivity index is 2.17. The Hall–Kier alpha value is -2.02. The van der Waals surface area contributed by atoms with Crippen molar-refractivity contribution in [2.75, 3.05) is 5.32 Å². The average molecular weight is 359 g/mol. The second-order valence-electron chi connectivity index (χ2n) is 4.27. The van der Waals surface area contributed by atoms with E-state index in [1.807, 2.05) is 0 Å². The van der Waals surface area contributed by atoms with Crippen LogP contribution in [-0.4, -0.2) is 5.91 Å². The smallest absolute Gasteiger partial charge is 0.248 e. The monoisotopic (exact) mass is 358 g/mol. The molecule has 0 saturated heterocycles. The van der Waals surface area contributed by atoms with Crippen LogP contribution in [-0.2, 0) is 6.54 Å². The standard InChI is InChI=1S/C14H10BrF3N2O/c15-9-4-13(12(18)5-11(9)17)20-6-8-2-1-7(14(19)21)3-10(8)16/h1-5,20H,6H2,(H2,19,21). The zero-order chi connectivity index (χ0) is 15.6. The van der Waals surface area contributed by atoms with Crippen LogP contribution in [0.25, 0.3) is 0 Å². The summed E-state index contributed by atoms with van der Waals surface area (Å²) in [4.78, 5) is 10.9. The number of hydrogen-bond donors (Lipinski definition) is 2. The summed E-state index contributed by atoms with van der Waals surface area (Å²) in [6.07, 6.45) is 0. The molecule has 0 heterocycles. The van der Waals surface area contributed by atoms with Gasteiger partial charge in [-0.05, 0) is 34.1 Å². The Labute approximate surface area is 127 Å². The van der Waals surface area contributed by atoms with Crippen molar-refractivity contribution in [2.45, 2.75) is 6.54 Å². The molecule has 2 aromatic rings. The number of hydrogen-bond acceptors (Lipinski definition) is 2. The van der Waals surface area contributed by atoms with Gasteiger partial charge in [-0.3, -0.25) is 4.79 Å². The lowest BCUT2D eigenvalue weighted by Crippen LogP contribution is -2.12. The highest BCUT2D eigenvalue weighted by Gasteiger charge is 2.10. The van der Waals surface area contributed by atoms with Gasteiger partial charge in [0.15, 0.2) is 0 Å². The van der Waals surface area contributed by atoms with E-state index in [-0.39, 0.29) is 27.8 Å². The molecule has 0 fully saturated rings. The number of nitrogens with two attached hydrogens (primary N) is 1. The van der Waals surface area contributed by atoms with Gasteiger partial charge in [0.25, 0.3) is 0 Å². The number of rotatable bonds is 4. The van der Waals surface area contributed by atoms with E-state index in [1.54, 1.807) is 0 Å². The van der Waals surface area contributed by atoms with E-state index in [0.717, 1.165) is 12.1 Å². The fourth-order valence-corrected chi connectivity index (χ4v) is 2.04. The van der Waals surface area contributed by atoms with Crippen LogP contribution >= 0.6 is 15.9 Å². The minimum atomic E-state index is -0.787. The predicted molar refractivity (Wildman–Crippen MR) is 76.3 cm³/mol. The summed E-state index contributed by atoms with van der Waals surface area (Å²) in [5, 5.41) is 2.66. The molecule has 0 aliphatic carbocycles. The van der Waals surface area contributed by atoms with E-state index in [9.17, 15) is 18.0 Å². The first-order chi connectivity index (χ1) is 9.88. The highest BCUT2D eigenvalue weighted by atomic mass is 79.9. The fraction of sp³-hybridized carbons (Fsp3) is 0.0714. The van der Waals surface area contributed by atoms with Gasteiger partial charge >= 0.3 is 0 Å². The number of anilines is 1. The molecule has 2 rings (SSSR count). The molecular weight excluding hydrogens is 349 g/mol. The zero-order valence-corrected chi connectivity index (χ0v) is 12.2. The quantitative estimate of drug-likeness (QED) is 0.820. The minimum Gasteiger partial charge on any atom is -0.378 e. The number of benzene rings is 2. The number of nitrogens with one attached hydrogen (secondary N) is 1. The van der Waals surface area contributed by atoms with Crippen molar-refractivity contribution in [3.63, 3.8) is 0 Å². The molecule has 21 heavy (non-hydrogen) atoms. The van der Waals surface area contributed by atoms with Crippen LogP contribution in [0, 0.1) is 17.5 Å². The largest absolute Gasteiger partial charge is 0.378 e. The van der Waals surface area contributed by atoms with E-state index in [0.29, 0.717) is 0 Å². The number of halogens is 4. The maximum atomic E-state index is 13.7. The predicted octanol–water partition coefficient (Wildman–Crippen LogP) is 3.58. The molecule has 7 heteroatoms. The molecule has 3 N–H and O–H groups in total. The molecule has 0 aliphatic heterocycles. The molecule has 1 amide bonds. The molecule has 0 saturated carbocycles. The topological polar surface area (TPSA) is 55.1 Å². The second-order valence-corrected chi connectivity index (χ2v) is 5.12. The van der Waals surface area contributed by atoms with Crippen molar-refractivity contribution in [3.05, 3.63) is 63.4 Å². The highest BCUT2D eigenvalue weighted by Crippen LogP contribution is 2.24. The zero-order valence-electron chi connectivity index (χ0n) is 10.6. The summed E-state index contributed by atoms with van der Waals surface area (Å²) in [6.45, 7) is -0.0279. The first-order valence-electron chi connectivity index (χ1n) is 5.85. The Bertz CT molecular complexity index is 707. The maximum absolute atomic E-state index is 13.7. The van der Waals surface area contributed by atoms with E-state index in [1.165, 1.54) is 18.2 Å². The summed E-state index contributed by atoms with van der Waals surface area (Å²) in [5.41, 5.74) is 5.34. The van der Waals surface area contributed by atoms with Gasteiger partial charge in [-0.2, -0.15) is 0 Å². The fourth-order valence-electron chi connectivity index (χ4n) is 1.69. The van der Waals surface area contributed by atoms with Gasteiger partial charge in [0.1, 0.15) is 17.5 Å².